The van der Waals surface area contributed by atoms with Crippen molar-refractivity contribution < 1.29 is 4.42 Å². The molecule has 2 rings (SSSR count). The van der Waals surface area contributed by atoms with Gasteiger partial charge in [0.2, 0.25) is 0 Å². The van der Waals surface area contributed by atoms with Crippen LogP contribution in [-0.4, -0.2) is 23.8 Å². The highest BCUT2D eigenvalue weighted by atomic mass is 32.1. The molecule has 2 heterocycles. The molecule has 0 aromatic carbocycles. The third-order valence-corrected chi connectivity index (χ3v) is 4.06. The summed E-state index contributed by atoms with van der Waals surface area (Å²) in [6.07, 6.45) is 2.07. The summed E-state index contributed by atoms with van der Waals surface area (Å²) in [7, 11) is 1.96. The second kappa shape index (κ2) is 5.63. The first kappa shape index (κ1) is 13.2. The van der Waals surface area contributed by atoms with E-state index in [2.05, 4.69) is 22.4 Å². The Morgan fingerprint density at radius 2 is 1.94 bits per heavy atom. The number of aromatic nitrogens is 2. The highest BCUT2D eigenvalue weighted by Gasteiger charge is 2.17. The van der Waals surface area contributed by atoms with Crippen LogP contribution in [0.25, 0.3) is 10.6 Å². The normalized spacial score (nSPS) is 11.1. The summed E-state index contributed by atoms with van der Waals surface area (Å²) in [4.78, 5) is 0. The van der Waals surface area contributed by atoms with Gasteiger partial charge in [0, 0.05) is 12.0 Å². The molecule has 0 fully saturated rings. The fraction of sp³-hybridized carbons (Fsp3) is 0.538. The van der Waals surface area contributed by atoms with Gasteiger partial charge in [-0.2, -0.15) is 0 Å². The summed E-state index contributed by atoms with van der Waals surface area (Å²) in [5.41, 5.74) is 2.29. The molecule has 18 heavy (non-hydrogen) atoms. The van der Waals surface area contributed by atoms with Crippen molar-refractivity contribution in [2.24, 2.45) is 0 Å². The maximum absolute atomic E-state index is 5.64. The van der Waals surface area contributed by atoms with Gasteiger partial charge >= 0.3 is 0 Å². The lowest BCUT2D eigenvalue weighted by Gasteiger charge is -1.95. The number of furan rings is 1. The molecule has 2 aromatic rings. The van der Waals surface area contributed by atoms with Gasteiger partial charge in [-0.25, -0.2) is 0 Å². The fourth-order valence-electron chi connectivity index (χ4n) is 1.98. The van der Waals surface area contributed by atoms with E-state index in [4.69, 9.17) is 4.42 Å². The minimum absolute atomic E-state index is 0.933. The van der Waals surface area contributed by atoms with Gasteiger partial charge in [-0.15, -0.1) is 10.2 Å². The number of hydrogen-bond acceptors (Lipinski definition) is 5. The van der Waals surface area contributed by atoms with Gasteiger partial charge in [0.25, 0.3) is 0 Å². The van der Waals surface area contributed by atoms with Gasteiger partial charge < -0.3 is 9.73 Å². The second-order valence-electron chi connectivity index (χ2n) is 4.42. The zero-order chi connectivity index (χ0) is 13.1. The summed E-state index contributed by atoms with van der Waals surface area (Å²) in [6.45, 7) is 7.05. The van der Waals surface area contributed by atoms with Gasteiger partial charge in [-0.05, 0) is 40.8 Å². The fourth-order valence-corrected chi connectivity index (χ4v) is 3.01. The topological polar surface area (TPSA) is 51.0 Å². The summed E-state index contributed by atoms with van der Waals surface area (Å²) in [6, 6.07) is 0. The van der Waals surface area contributed by atoms with Crippen molar-refractivity contribution >= 4 is 11.3 Å². The SMILES string of the molecule is CNCCCc1nnc(-c2c(C)oc(C)c2C)s1. The highest BCUT2D eigenvalue weighted by molar-refractivity contribution is 7.14. The lowest BCUT2D eigenvalue weighted by atomic mass is 10.1. The molecule has 0 radical (unpaired) electrons. The zero-order valence-electron chi connectivity index (χ0n) is 11.3. The smallest absolute Gasteiger partial charge is 0.151 e. The van der Waals surface area contributed by atoms with E-state index in [1.165, 1.54) is 5.56 Å². The van der Waals surface area contributed by atoms with E-state index >= 15 is 0 Å². The Kier molecular flexibility index (Phi) is 4.14. The molecule has 0 aliphatic heterocycles. The summed E-state index contributed by atoms with van der Waals surface area (Å²) < 4.78 is 5.64. The first-order valence-corrected chi connectivity index (χ1v) is 6.99. The van der Waals surface area contributed by atoms with E-state index in [9.17, 15) is 0 Å². The third kappa shape index (κ3) is 2.62. The average Bonchev–Trinajstić information content (AvgIpc) is 2.86. The average molecular weight is 265 g/mol. The highest BCUT2D eigenvalue weighted by Crippen LogP contribution is 2.33. The Bertz CT molecular complexity index is 530. The monoisotopic (exact) mass is 265 g/mol. The molecule has 0 atom stereocenters. The van der Waals surface area contributed by atoms with E-state index < -0.39 is 0 Å². The van der Waals surface area contributed by atoms with Crippen LogP contribution in [0.4, 0.5) is 0 Å². The van der Waals surface area contributed by atoms with Crippen molar-refractivity contribution in [3.63, 3.8) is 0 Å². The number of nitrogens with one attached hydrogen (secondary N) is 1. The molecule has 0 amide bonds. The number of hydrogen-bond donors (Lipinski definition) is 1. The van der Waals surface area contributed by atoms with Crippen molar-refractivity contribution in [3.8, 4) is 10.6 Å². The van der Waals surface area contributed by atoms with E-state index in [1.807, 2.05) is 20.9 Å². The maximum Gasteiger partial charge on any atom is 0.151 e. The number of aryl methyl sites for hydroxylation is 3. The number of nitrogens with zero attached hydrogens (tertiary/aromatic N) is 2. The molecule has 1 N–H and O–H groups in total. The predicted octanol–water partition coefficient (Wildman–Crippen LogP) is 2.88. The molecule has 0 unspecified atom stereocenters. The van der Waals surface area contributed by atoms with Crippen LogP contribution in [0.5, 0.6) is 0 Å². The maximum atomic E-state index is 5.64. The summed E-state index contributed by atoms with van der Waals surface area (Å²) in [5.74, 6) is 1.90. The predicted molar refractivity (Wildman–Crippen MR) is 74.1 cm³/mol. The van der Waals surface area contributed by atoms with Gasteiger partial charge in [0.05, 0.1) is 5.56 Å². The third-order valence-electron chi connectivity index (χ3n) is 3.06. The Balaban J connectivity index is 2.19. The van der Waals surface area contributed by atoms with Crippen molar-refractivity contribution in [3.05, 3.63) is 22.1 Å². The van der Waals surface area contributed by atoms with Crippen LogP contribution in [-0.2, 0) is 6.42 Å². The van der Waals surface area contributed by atoms with E-state index in [0.29, 0.717) is 0 Å². The first-order chi connectivity index (χ1) is 8.63. The van der Waals surface area contributed by atoms with Crippen LogP contribution >= 0.6 is 11.3 Å². The standard InChI is InChI=1S/C13H19N3OS/c1-8-9(2)17-10(3)12(8)13-16-15-11(18-13)6-5-7-14-4/h14H,5-7H2,1-4H3. The molecule has 0 spiro atoms. The molecule has 2 aromatic heterocycles. The minimum Gasteiger partial charge on any atom is -0.466 e. The first-order valence-electron chi connectivity index (χ1n) is 6.17. The molecule has 98 valence electrons. The molecule has 0 saturated carbocycles. The van der Waals surface area contributed by atoms with Gasteiger partial charge in [-0.3, -0.25) is 0 Å². The summed E-state index contributed by atoms with van der Waals surface area (Å²) in [5, 5.41) is 13.8. The molecular weight excluding hydrogens is 246 g/mol. The van der Waals surface area contributed by atoms with Crippen LogP contribution in [0, 0.1) is 20.8 Å². The van der Waals surface area contributed by atoms with Crippen LogP contribution in [0.15, 0.2) is 4.42 Å². The van der Waals surface area contributed by atoms with Gasteiger partial charge in [0.1, 0.15) is 16.5 Å². The Hall–Kier alpha value is -1.20. The van der Waals surface area contributed by atoms with Crippen molar-refractivity contribution in [2.75, 3.05) is 13.6 Å². The largest absolute Gasteiger partial charge is 0.466 e. The zero-order valence-corrected chi connectivity index (χ0v) is 12.1. The molecule has 0 aliphatic carbocycles. The Morgan fingerprint density at radius 3 is 2.56 bits per heavy atom. The van der Waals surface area contributed by atoms with Crippen LogP contribution < -0.4 is 5.32 Å². The minimum atomic E-state index is 0.933. The van der Waals surface area contributed by atoms with Crippen molar-refractivity contribution in [1.29, 1.82) is 0 Å². The van der Waals surface area contributed by atoms with Crippen molar-refractivity contribution in [2.45, 2.75) is 33.6 Å². The molecule has 4 nitrogen and oxygen atoms in total. The molecular formula is C13H19N3OS. The summed E-state index contributed by atoms with van der Waals surface area (Å²) >= 11 is 1.67. The molecule has 0 saturated heterocycles. The lowest BCUT2D eigenvalue weighted by Crippen LogP contribution is -2.08. The van der Waals surface area contributed by atoms with Gasteiger partial charge in [0.15, 0.2) is 5.01 Å². The van der Waals surface area contributed by atoms with Crippen LogP contribution in [0.3, 0.4) is 0 Å². The lowest BCUT2D eigenvalue weighted by molar-refractivity contribution is 0.503. The van der Waals surface area contributed by atoms with E-state index in [1.54, 1.807) is 11.3 Å². The number of rotatable bonds is 5. The molecule has 0 bridgehead atoms. The second-order valence-corrected chi connectivity index (χ2v) is 5.48. The molecule has 5 heteroatoms. The van der Waals surface area contributed by atoms with Gasteiger partial charge in [-0.1, -0.05) is 11.3 Å². The van der Waals surface area contributed by atoms with E-state index in [-0.39, 0.29) is 0 Å². The Labute approximate surface area is 111 Å². The Morgan fingerprint density at radius 1 is 1.17 bits per heavy atom. The van der Waals surface area contributed by atoms with Crippen molar-refractivity contribution in [1.82, 2.24) is 15.5 Å². The van der Waals surface area contributed by atoms with Crippen LogP contribution in [0.2, 0.25) is 0 Å². The van der Waals surface area contributed by atoms with E-state index in [0.717, 1.165) is 46.5 Å². The molecule has 0 aliphatic rings. The van der Waals surface area contributed by atoms with Crippen LogP contribution in [0.1, 0.15) is 28.5 Å². The quantitative estimate of drug-likeness (QED) is 0.845.